The van der Waals surface area contributed by atoms with E-state index in [0.29, 0.717) is 23.5 Å². The van der Waals surface area contributed by atoms with Crippen LogP contribution in [0.2, 0.25) is 0 Å². The molecule has 4 rings (SSSR count). The Morgan fingerprint density at radius 1 is 0.938 bits per heavy atom. The number of rotatable bonds is 6. The molecule has 2 N–H and O–H groups in total. The van der Waals surface area contributed by atoms with Crippen LogP contribution in [0.25, 0.3) is 0 Å². The largest absolute Gasteiger partial charge is 0.485 e. The molecule has 164 valence electrons. The minimum atomic E-state index is -0.221. The molecule has 0 aliphatic carbocycles. The van der Waals surface area contributed by atoms with Gasteiger partial charge in [-0.2, -0.15) is 0 Å². The van der Waals surface area contributed by atoms with Crippen molar-refractivity contribution >= 4 is 23.2 Å². The van der Waals surface area contributed by atoms with E-state index in [1.54, 1.807) is 36.4 Å². The topological polar surface area (TPSA) is 76.7 Å². The van der Waals surface area contributed by atoms with Crippen LogP contribution >= 0.6 is 0 Å². The van der Waals surface area contributed by atoms with Crippen LogP contribution in [0, 0.1) is 0 Å². The highest BCUT2D eigenvalue weighted by molar-refractivity contribution is 6.04. The summed E-state index contributed by atoms with van der Waals surface area (Å²) in [7, 11) is 0. The molecule has 0 saturated carbocycles. The molecule has 0 atom stereocenters. The van der Waals surface area contributed by atoms with E-state index >= 15 is 0 Å². The zero-order chi connectivity index (χ0) is 22.7. The number of benzene rings is 3. The lowest BCUT2D eigenvalue weighted by Crippen LogP contribution is -2.24. The Labute approximate surface area is 187 Å². The molecular weight excluding hydrogens is 404 g/mol. The van der Waals surface area contributed by atoms with E-state index in [0.717, 1.165) is 29.0 Å². The van der Waals surface area contributed by atoms with E-state index in [1.807, 2.05) is 24.3 Å². The Kier molecular flexibility index (Phi) is 5.86. The number of amides is 2. The number of hydrogen-bond acceptors (Lipinski definition) is 4. The van der Waals surface area contributed by atoms with Crippen molar-refractivity contribution in [3.8, 4) is 11.5 Å². The molecule has 0 bridgehead atoms. The minimum Gasteiger partial charge on any atom is -0.485 e. The fourth-order valence-electron chi connectivity index (χ4n) is 3.66. The van der Waals surface area contributed by atoms with E-state index in [9.17, 15) is 9.59 Å². The van der Waals surface area contributed by atoms with E-state index in [1.165, 1.54) is 6.92 Å². The first-order chi connectivity index (χ1) is 15.3. The van der Waals surface area contributed by atoms with Gasteiger partial charge in [-0.25, -0.2) is 0 Å². The second kappa shape index (κ2) is 8.75. The van der Waals surface area contributed by atoms with Gasteiger partial charge in [0.15, 0.2) is 11.5 Å². The lowest BCUT2D eigenvalue weighted by atomic mass is 10.0. The van der Waals surface area contributed by atoms with Crippen LogP contribution in [0.5, 0.6) is 11.5 Å². The lowest BCUT2D eigenvalue weighted by molar-refractivity contribution is -0.114. The number of nitrogens with one attached hydrogen (secondary N) is 2. The third kappa shape index (κ3) is 5.09. The second-order valence-electron chi connectivity index (χ2n) is 8.48. The minimum absolute atomic E-state index is 0.140. The zero-order valence-electron chi connectivity index (χ0n) is 18.4. The van der Waals surface area contributed by atoms with Gasteiger partial charge in [-0.3, -0.25) is 9.59 Å². The molecule has 2 amide bonds. The number of para-hydroxylation sites is 1. The van der Waals surface area contributed by atoms with Crippen molar-refractivity contribution < 1.29 is 19.1 Å². The predicted molar refractivity (Wildman–Crippen MR) is 124 cm³/mol. The highest BCUT2D eigenvalue weighted by Gasteiger charge is 2.32. The third-order valence-electron chi connectivity index (χ3n) is 5.13. The van der Waals surface area contributed by atoms with Crippen molar-refractivity contribution in [1.29, 1.82) is 0 Å². The van der Waals surface area contributed by atoms with Crippen LogP contribution in [0.3, 0.4) is 0 Å². The number of ether oxygens (including phenoxy) is 2. The van der Waals surface area contributed by atoms with Crippen LogP contribution in [0.1, 0.15) is 42.3 Å². The van der Waals surface area contributed by atoms with Crippen LogP contribution in [-0.2, 0) is 17.8 Å². The molecule has 6 heteroatoms. The molecule has 32 heavy (non-hydrogen) atoms. The molecule has 0 fully saturated rings. The van der Waals surface area contributed by atoms with Crippen LogP contribution in [0.4, 0.5) is 11.4 Å². The normalized spacial score (nSPS) is 13.6. The molecule has 1 aliphatic rings. The standard InChI is InChI=1S/C26H26N2O4/c1-17(29)27-21-11-13-22(14-12-21)28-25(30)19-9-7-18(8-10-19)16-31-23-6-4-5-20-15-26(2,3)32-24(20)23/h4-14H,15-16H2,1-3H3,(H,27,29)(H,28,30). The van der Waals surface area contributed by atoms with Crippen molar-refractivity contribution in [3.63, 3.8) is 0 Å². The number of hydrogen-bond donors (Lipinski definition) is 2. The Morgan fingerprint density at radius 2 is 1.59 bits per heavy atom. The molecule has 0 radical (unpaired) electrons. The summed E-state index contributed by atoms with van der Waals surface area (Å²) >= 11 is 0. The number of carbonyl (C=O) groups excluding carboxylic acids is 2. The fraction of sp³-hybridized carbons (Fsp3) is 0.231. The molecule has 0 saturated heterocycles. The van der Waals surface area contributed by atoms with E-state index in [2.05, 4.69) is 30.5 Å². The lowest BCUT2D eigenvalue weighted by Gasteiger charge is -2.18. The quantitative estimate of drug-likeness (QED) is 0.564. The van der Waals surface area contributed by atoms with Crippen molar-refractivity contribution in [2.45, 2.75) is 39.4 Å². The van der Waals surface area contributed by atoms with Gasteiger partial charge in [-0.1, -0.05) is 24.3 Å². The van der Waals surface area contributed by atoms with Gasteiger partial charge in [0.2, 0.25) is 5.91 Å². The van der Waals surface area contributed by atoms with Crippen LogP contribution < -0.4 is 20.1 Å². The summed E-state index contributed by atoms with van der Waals surface area (Å²) in [5.41, 5.74) is 3.77. The molecule has 1 heterocycles. The van der Waals surface area contributed by atoms with Gasteiger partial charge in [0.05, 0.1) is 0 Å². The maximum absolute atomic E-state index is 12.5. The van der Waals surface area contributed by atoms with Gasteiger partial charge in [-0.15, -0.1) is 0 Å². The van der Waals surface area contributed by atoms with Gasteiger partial charge in [-0.05, 0) is 61.9 Å². The Balaban J connectivity index is 1.35. The first-order valence-corrected chi connectivity index (χ1v) is 10.5. The van der Waals surface area contributed by atoms with E-state index in [4.69, 9.17) is 9.47 Å². The summed E-state index contributed by atoms with van der Waals surface area (Å²) in [6.45, 7) is 5.97. The summed E-state index contributed by atoms with van der Waals surface area (Å²) in [5.74, 6) is 1.20. The number of fused-ring (bicyclic) bond motifs is 1. The summed E-state index contributed by atoms with van der Waals surface area (Å²) < 4.78 is 12.1. The number of carbonyl (C=O) groups is 2. The fourth-order valence-corrected chi connectivity index (χ4v) is 3.66. The number of anilines is 2. The highest BCUT2D eigenvalue weighted by Crippen LogP contribution is 2.41. The summed E-state index contributed by atoms with van der Waals surface area (Å²) in [5, 5.41) is 5.55. The van der Waals surface area contributed by atoms with Gasteiger partial charge < -0.3 is 20.1 Å². The Hall–Kier alpha value is -3.80. The first kappa shape index (κ1) is 21.4. The predicted octanol–water partition coefficient (Wildman–Crippen LogP) is 5.19. The van der Waals surface area contributed by atoms with E-state index in [-0.39, 0.29) is 17.4 Å². The van der Waals surface area contributed by atoms with Crippen molar-refractivity contribution in [2.75, 3.05) is 10.6 Å². The third-order valence-corrected chi connectivity index (χ3v) is 5.13. The van der Waals surface area contributed by atoms with Gasteiger partial charge in [0.25, 0.3) is 5.91 Å². The SMILES string of the molecule is CC(=O)Nc1ccc(NC(=O)c2ccc(COc3cccc4c3OC(C)(C)C4)cc2)cc1. The summed E-state index contributed by atoms with van der Waals surface area (Å²) in [6.07, 6.45) is 0.860. The second-order valence-corrected chi connectivity index (χ2v) is 8.48. The summed E-state index contributed by atoms with van der Waals surface area (Å²) in [4.78, 5) is 23.6. The van der Waals surface area contributed by atoms with Crippen LogP contribution in [-0.4, -0.2) is 17.4 Å². The van der Waals surface area contributed by atoms with Crippen molar-refractivity contribution in [2.24, 2.45) is 0 Å². The van der Waals surface area contributed by atoms with Gasteiger partial charge >= 0.3 is 0 Å². The Bertz CT molecular complexity index is 1140. The smallest absolute Gasteiger partial charge is 0.255 e. The molecule has 0 spiro atoms. The maximum atomic E-state index is 12.5. The molecular formula is C26H26N2O4. The average molecular weight is 431 g/mol. The van der Waals surface area contributed by atoms with Crippen LogP contribution in [0.15, 0.2) is 66.7 Å². The van der Waals surface area contributed by atoms with Gasteiger partial charge in [0, 0.05) is 35.8 Å². The molecule has 3 aromatic carbocycles. The zero-order valence-corrected chi connectivity index (χ0v) is 18.4. The van der Waals surface area contributed by atoms with Gasteiger partial charge in [0.1, 0.15) is 12.2 Å². The highest BCUT2D eigenvalue weighted by atomic mass is 16.5. The molecule has 0 aromatic heterocycles. The molecule has 0 unspecified atom stereocenters. The molecule has 6 nitrogen and oxygen atoms in total. The monoisotopic (exact) mass is 430 g/mol. The molecule has 3 aromatic rings. The first-order valence-electron chi connectivity index (χ1n) is 10.5. The van der Waals surface area contributed by atoms with E-state index < -0.39 is 0 Å². The maximum Gasteiger partial charge on any atom is 0.255 e. The van der Waals surface area contributed by atoms with Crippen molar-refractivity contribution in [3.05, 3.63) is 83.4 Å². The summed E-state index contributed by atoms with van der Waals surface area (Å²) in [6, 6.07) is 20.2. The Morgan fingerprint density at radius 3 is 2.25 bits per heavy atom. The average Bonchev–Trinajstić information content (AvgIpc) is 3.08. The van der Waals surface area contributed by atoms with Crippen molar-refractivity contribution in [1.82, 2.24) is 0 Å². The molecule has 1 aliphatic heterocycles.